The number of sulfonamides is 1. The highest BCUT2D eigenvalue weighted by molar-refractivity contribution is 7.89. The second-order valence-electron chi connectivity index (χ2n) is 5.11. The van der Waals surface area contributed by atoms with Gasteiger partial charge in [0.15, 0.2) is 0 Å². The van der Waals surface area contributed by atoms with Gasteiger partial charge in [-0.3, -0.25) is 0 Å². The summed E-state index contributed by atoms with van der Waals surface area (Å²) in [6, 6.07) is 5.13. The van der Waals surface area contributed by atoms with Crippen LogP contribution >= 0.6 is 0 Å². The summed E-state index contributed by atoms with van der Waals surface area (Å²) in [5.41, 5.74) is -0.265. The zero-order valence-corrected chi connectivity index (χ0v) is 11.3. The lowest BCUT2D eigenvalue weighted by molar-refractivity contribution is 0.233. The highest BCUT2D eigenvalue weighted by atomic mass is 32.2. The van der Waals surface area contributed by atoms with Crippen molar-refractivity contribution in [2.24, 2.45) is 0 Å². The van der Waals surface area contributed by atoms with E-state index in [1.807, 2.05) is 13.8 Å². The molecule has 1 aromatic rings. The Labute approximate surface area is 107 Å². The second kappa shape index (κ2) is 4.60. The molecular weight excluding hydrogens is 255 g/mol. The quantitative estimate of drug-likeness (QED) is 0.880. The van der Waals surface area contributed by atoms with Crippen molar-refractivity contribution in [3.63, 3.8) is 0 Å². The maximum Gasteiger partial charge on any atom is 0.243 e. The van der Waals surface area contributed by atoms with Gasteiger partial charge in [-0.05, 0) is 32.0 Å². The van der Waals surface area contributed by atoms with Crippen LogP contribution in [0.4, 0.5) is 4.39 Å². The van der Waals surface area contributed by atoms with Crippen molar-refractivity contribution < 1.29 is 12.8 Å². The fourth-order valence-corrected chi connectivity index (χ4v) is 3.71. The molecule has 1 aromatic carbocycles. The van der Waals surface area contributed by atoms with Gasteiger partial charge in [0, 0.05) is 25.2 Å². The molecule has 1 fully saturated rings. The highest BCUT2D eigenvalue weighted by Crippen LogP contribution is 2.20. The first kappa shape index (κ1) is 13.5. The minimum Gasteiger partial charge on any atom is -0.309 e. The Kier molecular flexibility index (Phi) is 3.44. The number of halogens is 1. The van der Waals surface area contributed by atoms with Crippen LogP contribution in [0.5, 0.6) is 0 Å². The Morgan fingerprint density at radius 2 is 2.11 bits per heavy atom. The summed E-state index contributed by atoms with van der Waals surface area (Å²) in [4.78, 5) is 0.0141. The second-order valence-corrected chi connectivity index (χ2v) is 7.04. The first-order valence-corrected chi connectivity index (χ1v) is 7.26. The zero-order chi connectivity index (χ0) is 13.4. The molecule has 0 aromatic heterocycles. The molecule has 2 rings (SSSR count). The number of piperazine rings is 1. The molecule has 0 atom stereocenters. The van der Waals surface area contributed by atoms with Gasteiger partial charge in [-0.1, -0.05) is 6.07 Å². The summed E-state index contributed by atoms with van der Waals surface area (Å²) < 4.78 is 39.2. The fraction of sp³-hybridized carbons (Fsp3) is 0.500. The maximum absolute atomic E-state index is 13.1. The molecule has 18 heavy (non-hydrogen) atoms. The Morgan fingerprint density at radius 1 is 1.39 bits per heavy atom. The zero-order valence-electron chi connectivity index (χ0n) is 10.5. The van der Waals surface area contributed by atoms with Crippen LogP contribution in [0, 0.1) is 5.82 Å². The summed E-state index contributed by atoms with van der Waals surface area (Å²) in [7, 11) is -3.60. The van der Waals surface area contributed by atoms with Crippen LogP contribution in [0.3, 0.4) is 0 Å². The lowest BCUT2D eigenvalue weighted by Gasteiger charge is -2.38. The van der Waals surface area contributed by atoms with Crippen LogP contribution in [-0.4, -0.2) is 37.9 Å². The minimum atomic E-state index is -3.60. The highest BCUT2D eigenvalue weighted by Gasteiger charge is 2.33. The third-order valence-electron chi connectivity index (χ3n) is 2.97. The minimum absolute atomic E-state index is 0.0141. The molecule has 0 bridgehead atoms. The Bertz CT molecular complexity index is 543. The summed E-state index contributed by atoms with van der Waals surface area (Å²) in [6.07, 6.45) is 0. The molecule has 1 saturated heterocycles. The molecule has 0 saturated carbocycles. The molecule has 1 aliphatic rings. The number of hydrogen-bond acceptors (Lipinski definition) is 3. The van der Waals surface area contributed by atoms with Gasteiger partial charge in [0.25, 0.3) is 0 Å². The first-order chi connectivity index (χ1) is 8.31. The van der Waals surface area contributed by atoms with Crippen molar-refractivity contribution in [3.05, 3.63) is 30.1 Å². The number of benzene rings is 1. The third kappa shape index (κ3) is 2.71. The summed E-state index contributed by atoms with van der Waals surface area (Å²) in [6.45, 7) is 5.27. The molecule has 6 heteroatoms. The van der Waals surface area contributed by atoms with Gasteiger partial charge in [-0.15, -0.1) is 0 Å². The largest absolute Gasteiger partial charge is 0.309 e. The SMILES string of the molecule is CC1(C)CN(S(=O)(=O)c2cccc(F)c2)CCN1. The van der Waals surface area contributed by atoms with E-state index in [1.54, 1.807) is 0 Å². The van der Waals surface area contributed by atoms with Gasteiger partial charge in [-0.25, -0.2) is 12.8 Å². The van der Waals surface area contributed by atoms with Crippen molar-refractivity contribution in [3.8, 4) is 0 Å². The Balaban J connectivity index is 2.31. The fourth-order valence-electron chi connectivity index (χ4n) is 2.08. The monoisotopic (exact) mass is 272 g/mol. The van der Waals surface area contributed by atoms with E-state index >= 15 is 0 Å². The number of nitrogens with zero attached hydrogens (tertiary/aromatic N) is 1. The average molecular weight is 272 g/mol. The summed E-state index contributed by atoms with van der Waals surface area (Å²) in [5, 5.41) is 3.24. The van der Waals surface area contributed by atoms with E-state index in [0.717, 1.165) is 6.07 Å². The van der Waals surface area contributed by atoms with E-state index in [0.29, 0.717) is 19.6 Å². The normalized spacial score (nSPS) is 20.8. The van der Waals surface area contributed by atoms with Crippen LogP contribution in [0.25, 0.3) is 0 Å². The lowest BCUT2D eigenvalue weighted by atomic mass is 10.0. The topological polar surface area (TPSA) is 49.4 Å². The van der Waals surface area contributed by atoms with Gasteiger partial charge in [-0.2, -0.15) is 4.31 Å². The Hall–Kier alpha value is -0.980. The standard InChI is InChI=1S/C12H17FN2O2S/c1-12(2)9-15(7-6-14-12)18(16,17)11-5-3-4-10(13)8-11/h3-5,8,14H,6-7,9H2,1-2H3. The van der Waals surface area contributed by atoms with Gasteiger partial charge in [0.05, 0.1) is 4.90 Å². The number of nitrogens with one attached hydrogen (secondary N) is 1. The molecule has 0 spiro atoms. The first-order valence-electron chi connectivity index (χ1n) is 5.82. The van der Waals surface area contributed by atoms with Crippen molar-refractivity contribution >= 4 is 10.0 Å². The molecule has 100 valence electrons. The van der Waals surface area contributed by atoms with Crippen molar-refractivity contribution in [1.82, 2.24) is 9.62 Å². The average Bonchev–Trinajstić information content (AvgIpc) is 2.27. The van der Waals surface area contributed by atoms with Gasteiger partial charge in [0.1, 0.15) is 5.82 Å². The number of hydrogen-bond donors (Lipinski definition) is 1. The van der Waals surface area contributed by atoms with E-state index in [-0.39, 0.29) is 10.4 Å². The molecular formula is C12H17FN2O2S. The van der Waals surface area contributed by atoms with Crippen LogP contribution in [0.15, 0.2) is 29.2 Å². The van der Waals surface area contributed by atoms with E-state index < -0.39 is 15.8 Å². The van der Waals surface area contributed by atoms with E-state index in [1.165, 1.54) is 22.5 Å². The molecule has 4 nitrogen and oxygen atoms in total. The molecule has 0 aliphatic carbocycles. The van der Waals surface area contributed by atoms with Crippen LogP contribution < -0.4 is 5.32 Å². The van der Waals surface area contributed by atoms with E-state index in [9.17, 15) is 12.8 Å². The predicted octanol–water partition coefficient (Wildman–Crippen LogP) is 1.20. The van der Waals surface area contributed by atoms with Crippen molar-refractivity contribution in [1.29, 1.82) is 0 Å². The maximum atomic E-state index is 13.1. The van der Waals surface area contributed by atoms with Crippen LogP contribution in [0.2, 0.25) is 0 Å². The van der Waals surface area contributed by atoms with Gasteiger partial charge in [0.2, 0.25) is 10.0 Å². The summed E-state index contributed by atoms with van der Waals surface area (Å²) >= 11 is 0. The van der Waals surface area contributed by atoms with Gasteiger partial charge < -0.3 is 5.32 Å². The smallest absolute Gasteiger partial charge is 0.243 e. The molecule has 0 unspecified atom stereocenters. The number of rotatable bonds is 2. The van der Waals surface area contributed by atoms with E-state index in [2.05, 4.69) is 5.32 Å². The predicted molar refractivity (Wildman–Crippen MR) is 67.2 cm³/mol. The molecule has 1 heterocycles. The molecule has 0 radical (unpaired) electrons. The third-order valence-corrected chi connectivity index (χ3v) is 4.81. The van der Waals surface area contributed by atoms with E-state index in [4.69, 9.17) is 0 Å². The van der Waals surface area contributed by atoms with Gasteiger partial charge >= 0.3 is 0 Å². The summed E-state index contributed by atoms with van der Waals surface area (Å²) in [5.74, 6) is -0.537. The molecule has 1 aliphatic heterocycles. The van der Waals surface area contributed by atoms with Crippen LogP contribution in [-0.2, 0) is 10.0 Å². The van der Waals surface area contributed by atoms with Crippen LogP contribution in [0.1, 0.15) is 13.8 Å². The van der Waals surface area contributed by atoms with Crippen molar-refractivity contribution in [2.45, 2.75) is 24.3 Å². The Morgan fingerprint density at radius 3 is 2.72 bits per heavy atom. The molecule has 1 N–H and O–H groups in total. The molecule has 0 amide bonds. The van der Waals surface area contributed by atoms with Crippen molar-refractivity contribution in [2.75, 3.05) is 19.6 Å². The lowest BCUT2D eigenvalue weighted by Crippen LogP contribution is -2.58.